The monoisotopic (exact) mass is 165 g/mol. The molecule has 68 valence electrons. The predicted octanol–water partition coefficient (Wildman–Crippen LogP) is 3.34. The van der Waals surface area contributed by atoms with Gasteiger partial charge in [0.25, 0.3) is 0 Å². The van der Waals surface area contributed by atoms with Crippen molar-refractivity contribution in [2.24, 2.45) is 0 Å². The normalized spacial score (nSPS) is 9.33. The summed E-state index contributed by atoms with van der Waals surface area (Å²) in [5.74, 6) is 0. The number of benzene rings is 1. The molecule has 12 heavy (non-hydrogen) atoms. The summed E-state index contributed by atoms with van der Waals surface area (Å²) in [4.78, 5) is 0. The molecule has 3 N–H and O–H groups in total. The minimum Gasteiger partial charge on any atom is -0.344 e. The fourth-order valence-electron chi connectivity index (χ4n) is 1.77. The molecule has 0 saturated carbocycles. The van der Waals surface area contributed by atoms with E-state index in [1.807, 2.05) is 0 Å². The largest absolute Gasteiger partial charge is 0.344 e. The molecule has 1 heteroatoms. The average Bonchev–Trinajstić information content (AvgIpc) is 1.85. The van der Waals surface area contributed by atoms with Gasteiger partial charge in [-0.25, -0.2) is 0 Å². The number of hydrogen-bond acceptors (Lipinski definition) is 1. The third-order valence-corrected chi connectivity index (χ3v) is 2.19. The zero-order chi connectivity index (χ0) is 8.43. The fourth-order valence-corrected chi connectivity index (χ4v) is 1.77. The molecule has 0 atom stereocenters. The molecule has 0 saturated heterocycles. The summed E-state index contributed by atoms with van der Waals surface area (Å²) >= 11 is 0. The van der Waals surface area contributed by atoms with Crippen LogP contribution in [0.4, 0.5) is 0 Å². The van der Waals surface area contributed by atoms with Crippen LogP contribution < -0.4 is 6.15 Å². The van der Waals surface area contributed by atoms with E-state index in [1.165, 1.54) is 22.3 Å². The lowest BCUT2D eigenvalue weighted by atomic mass is 9.98. The van der Waals surface area contributed by atoms with Crippen LogP contribution in [0.25, 0.3) is 0 Å². The number of aryl methyl sites for hydroxylation is 3. The molecule has 0 spiro atoms. The van der Waals surface area contributed by atoms with Crippen molar-refractivity contribution in [3.05, 3.63) is 34.4 Å². The lowest BCUT2D eigenvalue weighted by Crippen LogP contribution is -1.92. The minimum absolute atomic E-state index is 0. The Balaban J connectivity index is 0.00000121. The first-order valence-electron chi connectivity index (χ1n) is 4.22. The summed E-state index contributed by atoms with van der Waals surface area (Å²) in [5.41, 5.74) is 5.75. The smallest absolute Gasteiger partial charge is 0.0302 e. The van der Waals surface area contributed by atoms with E-state index in [9.17, 15) is 0 Å². The van der Waals surface area contributed by atoms with Gasteiger partial charge in [0, 0.05) is 0 Å². The van der Waals surface area contributed by atoms with Crippen LogP contribution in [0.15, 0.2) is 12.1 Å². The average molecular weight is 165 g/mol. The summed E-state index contributed by atoms with van der Waals surface area (Å²) in [6.07, 6.45) is 1.15. The molecular weight excluding hydrogens is 146 g/mol. The molecule has 0 aliphatic rings. The molecule has 1 rings (SSSR count). The molecule has 0 bridgehead atoms. The van der Waals surface area contributed by atoms with Gasteiger partial charge in [-0.3, -0.25) is 0 Å². The Labute approximate surface area is 75.4 Å². The number of hydrogen-bond donors (Lipinski definition) is 1. The first-order chi connectivity index (χ1) is 5.15. The summed E-state index contributed by atoms with van der Waals surface area (Å²) in [7, 11) is 0. The van der Waals surface area contributed by atoms with Crippen LogP contribution in [0.1, 0.15) is 29.2 Å². The van der Waals surface area contributed by atoms with E-state index in [2.05, 4.69) is 39.8 Å². The zero-order valence-electron chi connectivity index (χ0n) is 8.57. The second-order valence-electron chi connectivity index (χ2n) is 3.23. The van der Waals surface area contributed by atoms with Crippen molar-refractivity contribution < 1.29 is 0 Å². The first-order valence-corrected chi connectivity index (χ1v) is 4.22. The quantitative estimate of drug-likeness (QED) is 0.680. The maximum absolute atomic E-state index is 2.26. The Morgan fingerprint density at radius 3 is 1.75 bits per heavy atom. The van der Waals surface area contributed by atoms with E-state index in [4.69, 9.17) is 0 Å². The van der Waals surface area contributed by atoms with Crippen LogP contribution in [0.2, 0.25) is 0 Å². The summed E-state index contributed by atoms with van der Waals surface area (Å²) in [5, 5.41) is 0. The van der Waals surface area contributed by atoms with Crippen LogP contribution in [-0.2, 0) is 6.42 Å². The SMILES string of the molecule is CCc1c(C)cc(C)cc1C.N. The fraction of sp³-hybridized carbons (Fsp3) is 0.455. The maximum Gasteiger partial charge on any atom is -0.0302 e. The number of rotatable bonds is 1. The van der Waals surface area contributed by atoms with E-state index < -0.39 is 0 Å². The van der Waals surface area contributed by atoms with Gasteiger partial charge in [-0.05, 0) is 43.9 Å². The van der Waals surface area contributed by atoms with Gasteiger partial charge in [0.05, 0.1) is 0 Å². The van der Waals surface area contributed by atoms with E-state index in [0.717, 1.165) is 6.42 Å². The zero-order valence-corrected chi connectivity index (χ0v) is 8.57. The highest BCUT2D eigenvalue weighted by Gasteiger charge is 1.99. The molecule has 0 aromatic heterocycles. The van der Waals surface area contributed by atoms with Gasteiger partial charge in [-0.15, -0.1) is 0 Å². The van der Waals surface area contributed by atoms with Crippen molar-refractivity contribution >= 4 is 0 Å². The van der Waals surface area contributed by atoms with Crippen LogP contribution in [0.3, 0.4) is 0 Å². The van der Waals surface area contributed by atoms with Crippen molar-refractivity contribution in [1.82, 2.24) is 6.15 Å². The topological polar surface area (TPSA) is 35.0 Å². The highest BCUT2D eigenvalue weighted by Crippen LogP contribution is 2.16. The van der Waals surface area contributed by atoms with Crippen LogP contribution in [-0.4, -0.2) is 0 Å². The van der Waals surface area contributed by atoms with E-state index in [0.29, 0.717) is 0 Å². The Hall–Kier alpha value is -0.820. The van der Waals surface area contributed by atoms with Gasteiger partial charge in [0.1, 0.15) is 0 Å². The molecule has 0 fully saturated rings. The van der Waals surface area contributed by atoms with Gasteiger partial charge in [0.15, 0.2) is 0 Å². The molecule has 0 aliphatic heterocycles. The van der Waals surface area contributed by atoms with E-state index in [1.54, 1.807) is 0 Å². The van der Waals surface area contributed by atoms with E-state index in [-0.39, 0.29) is 6.15 Å². The van der Waals surface area contributed by atoms with Crippen LogP contribution in [0.5, 0.6) is 0 Å². The van der Waals surface area contributed by atoms with Gasteiger partial charge < -0.3 is 6.15 Å². The molecule has 1 aromatic rings. The van der Waals surface area contributed by atoms with Crippen LogP contribution in [0, 0.1) is 20.8 Å². The Kier molecular flexibility index (Phi) is 3.98. The van der Waals surface area contributed by atoms with Crippen molar-refractivity contribution in [3.8, 4) is 0 Å². The molecule has 1 nitrogen and oxygen atoms in total. The highest BCUT2D eigenvalue weighted by molar-refractivity contribution is 5.37. The third kappa shape index (κ3) is 2.08. The van der Waals surface area contributed by atoms with Gasteiger partial charge in [0.2, 0.25) is 0 Å². The van der Waals surface area contributed by atoms with E-state index >= 15 is 0 Å². The van der Waals surface area contributed by atoms with Crippen molar-refractivity contribution in [2.75, 3.05) is 0 Å². The molecule has 0 amide bonds. The van der Waals surface area contributed by atoms with Crippen LogP contribution >= 0.6 is 0 Å². The van der Waals surface area contributed by atoms with Gasteiger partial charge in [-0.2, -0.15) is 0 Å². The predicted molar refractivity (Wildman–Crippen MR) is 55.1 cm³/mol. The van der Waals surface area contributed by atoms with Crippen molar-refractivity contribution in [1.29, 1.82) is 0 Å². The minimum atomic E-state index is 0. The second-order valence-corrected chi connectivity index (χ2v) is 3.23. The lowest BCUT2D eigenvalue weighted by molar-refractivity contribution is 1.07. The highest BCUT2D eigenvalue weighted by atomic mass is 14.0. The maximum atomic E-state index is 2.26. The van der Waals surface area contributed by atoms with Gasteiger partial charge >= 0.3 is 0 Å². The molecule has 1 aromatic carbocycles. The Morgan fingerprint density at radius 1 is 1.00 bits per heavy atom. The van der Waals surface area contributed by atoms with Crippen molar-refractivity contribution in [2.45, 2.75) is 34.1 Å². The molecule has 0 unspecified atom stereocenters. The summed E-state index contributed by atoms with van der Waals surface area (Å²) in [6, 6.07) is 4.51. The Morgan fingerprint density at radius 2 is 1.42 bits per heavy atom. The standard InChI is InChI=1S/C11H16.H3N/c1-5-11-9(3)6-8(2)7-10(11)4;/h6-7H,5H2,1-4H3;1H3. The molecule has 0 heterocycles. The lowest BCUT2D eigenvalue weighted by Gasteiger charge is -2.08. The Bertz CT molecular complexity index is 241. The second kappa shape index (κ2) is 4.27. The third-order valence-electron chi connectivity index (χ3n) is 2.19. The summed E-state index contributed by atoms with van der Waals surface area (Å²) in [6.45, 7) is 8.75. The molecule has 0 radical (unpaired) electrons. The first kappa shape index (κ1) is 11.2. The summed E-state index contributed by atoms with van der Waals surface area (Å²) < 4.78 is 0. The molecular formula is C11H19N. The molecule has 0 aliphatic carbocycles. The van der Waals surface area contributed by atoms with Crippen molar-refractivity contribution in [3.63, 3.8) is 0 Å². The van der Waals surface area contributed by atoms with Gasteiger partial charge in [-0.1, -0.05) is 24.6 Å².